The summed E-state index contributed by atoms with van der Waals surface area (Å²) < 4.78 is 3.98. The molecule has 4 rings (SSSR count). The molecule has 136 valence electrons. The number of thioether (sulfide) groups is 2. The summed E-state index contributed by atoms with van der Waals surface area (Å²) in [5, 5.41) is 13.4. The minimum Gasteiger partial charge on any atom is -0.240 e. The standard InChI is InChI=1S/C20H18N4S3/c1-2-25-19-21-22-20(27-19)26-14-16-13-24(17-11-7-4-8-12-17)23-18(16)15-9-5-3-6-10-15/h3-13H,2,14H2,1H3. The second-order valence-electron chi connectivity index (χ2n) is 5.70. The fourth-order valence-corrected chi connectivity index (χ4v) is 5.52. The summed E-state index contributed by atoms with van der Waals surface area (Å²) in [6, 6.07) is 20.5. The lowest BCUT2D eigenvalue weighted by Gasteiger charge is -2.01. The van der Waals surface area contributed by atoms with E-state index >= 15 is 0 Å². The zero-order valence-corrected chi connectivity index (χ0v) is 17.2. The van der Waals surface area contributed by atoms with Crippen molar-refractivity contribution < 1.29 is 0 Å². The Labute approximate surface area is 171 Å². The van der Waals surface area contributed by atoms with Crippen molar-refractivity contribution in [3.63, 3.8) is 0 Å². The lowest BCUT2D eigenvalue weighted by atomic mass is 10.1. The van der Waals surface area contributed by atoms with Crippen molar-refractivity contribution in [2.45, 2.75) is 21.4 Å². The van der Waals surface area contributed by atoms with Crippen LogP contribution in [0.3, 0.4) is 0 Å². The second kappa shape index (κ2) is 8.73. The largest absolute Gasteiger partial charge is 0.240 e. The van der Waals surface area contributed by atoms with Crippen LogP contribution < -0.4 is 0 Å². The van der Waals surface area contributed by atoms with Gasteiger partial charge in [-0.1, -0.05) is 90.3 Å². The molecule has 0 saturated carbocycles. The first-order valence-corrected chi connectivity index (χ1v) is 11.4. The molecule has 0 N–H and O–H groups in total. The van der Waals surface area contributed by atoms with Crippen molar-refractivity contribution in [3.8, 4) is 16.9 Å². The molecule has 0 fully saturated rings. The summed E-state index contributed by atoms with van der Waals surface area (Å²) in [4.78, 5) is 0. The van der Waals surface area contributed by atoms with E-state index in [4.69, 9.17) is 5.10 Å². The number of hydrogen-bond acceptors (Lipinski definition) is 6. The molecule has 0 unspecified atom stereocenters. The molecule has 0 aliphatic rings. The first-order valence-electron chi connectivity index (χ1n) is 8.62. The molecular weight excluding hydrogens is 392 g/mol. The zero-order chi connectivity index (χ0) is 18.5. The summed E-state index contributed by atoms with van der Waals surface area (Å²) in [5.41, 5.74) is 4.39. The SMILES string of the molecule is CCSc1nnc(SCc2cn(-c3ccccc3)nc2-c2ccccc2)s1. The third-order valence-corrected chi connectivity index (χ3v) is 6.99. The van der Waals surface area contributed by atoms with Crippen LogP contribution >= 0.6 is 34.9 Å². The Hall–Kier alpha value is -2.09. The lowest BCUT2D eigenvalue weighted by molar-refractivity contribution is 0.884. The van der Waals surface area contributed by atoms with Gasteiger partial charge in [0.25, 0.3) is 0 Å². The van der Waals surface area contributed by atoms with Gasteiger partial charge in [0.2, 0.25) is 0 Å². The van der Waals surface area contributed by atoms with Crippen LogP contribution in [0.2, 0.25) is 0 Å². The highest BCUT2D eigenvalue weighted by molar-refractivity contribution is 8.02. The molecule has 0 radical (unpaired) electrons. The summed E-state index contributed by atoms with van der Waals surface area (Å²) in [6.45, 7) is 2.13. The molecule has 0 amide bonds. The third-order valence-electron chi connectivity index (χ3n) is 3.86. The Morgan fingerprint density at radius 1 is 0.889 bits per heavy atom. The monoisotopic (exact) mass is 410 g/mol. The van der Waals surface area contributed by atoms with Crippen LogP contribution in [0.15, 0.2) is 75.5 Å². The highest BCUT2D eigenvalue weighted by Crippen LogP contribution is 2.33. The average Bonchev–Trinajstić information content (AvgIpc) is 3.35. The fraction of sp³-hybridized carbons (Fsp3) is 0.150. The van der Waals surface area contributed by atoms with Gasteiger partial charge in [0.15, 0.2) is 8.68 Å². The summed E-state index contributed by atoms with van der Waals surface area (Å²) in [6.07, 6.45) is 2.12. The molecule has 2 heterocycles. The van der Waals surface area contributed by atoms with Gasteiger partial charge in [0.05, 0.1) is 11.4 Å². The van der Waals surface area contributed by atoms with Gasteiger partial charge < -0.3 is 0 Å². The van der Waals surface area contributed by atoms with Crippen LogP contribution in [0, 0.1) is 0 Å². The molecule has 0 atom stereocenters. The van der Waals surface area contributed by atoms with Crippen LogP contribution in [-0.4, -0.2) is 25.7 Å². The fourth-order valence-electron chi connectivity index (χ4n) is 2.64. The normalized spacial score (nSPS) is 11.0. The number of para-hydroxylation sites is 1. The van der Waals surface area contributed by atoms with Crippen molar-refractivity contribution in [3.05, 3.63) is 72.4 Å². The van der Waals surface area contributed by atoms with E-state index in [1.807, 2.05) is 41.1 Å². The van der Waals surface area contributed by atoms with E-state index in [-0.39, 0.29) is 0 Å². The molecule has 4 nitrogen and oxygen atoms in total. The Bertz CT molecular complexity index is 997. The minimum atomic E-state index is 0.808. The molecule has 0 saturated heterocycles. The second-order valence-corrected chi connectivity index (χ2v) is 9.42. The van der Waals surface area contributed by atoms with Crippen LogP contribution in [0.5, 0.6) is 0 Å². The van der Waals surface area contributed by atoms with E-state index < -0.39 is 0 Å². The van der Waals surface area contributed by atoms with Gasteiger partial charge in [-0.15, -0.1) is 10.2 Å². The number of benzene rings is 2. The average molecular weight is 411 g/mol. The number of rotatable bonds is 7. The van der Waals surface area contributed by atoms with Crippen molar-refractivity contribution in [2.75, 3.05) is 5.75 Å². The first-order chi connectivity index (χ1) is 13.3. The van der Waals surface area contributed by atoms with Crippen LogP contribution in [0.1, 0.15) is 12.5 Å². The lowest BCUT2D eigenvalue weighted by Crippen LogP contribution is -1.93. The van der Waals surface area contributed by atoms with Crippen LogP contribution in [-0.2, 0) is 5.75 Å². The van der Waals surface area contributed by atoms with Gasteiger partial charge in [-0.3, -0.25) is 0 Å². The molecule has 0 spiro atoms. The van der Waals surface area contributed by atoms with Crippen molar-refractivity contribution in [1.82, 2.24) is 20.0 Å². The van der Waals surface area contributed by atoms with Gasteiger partial charge in [0.1, 0.15) is 0 Å². The number of hydrogen-bond donors (Lipinski definition) is 0. The predicted octanol–water partition coefficient (Wildman–Crippen LogP) is 5.80. The molecule has 7 heteroatoms. The van der Waals surface area contributed by atoms with E-state index in [2.05, 4.69) is 47.6 Å². The Morgan fingerprint density at radius 2 is 1.56 bits per heavy atom. The highest BCUT2D eigenvalue weighted by Gasteiger charge is 2.14. The predicted molar refractivity (Wildman–Crippen MR) is 115 cm³/mol. The molecule has 27 heavy (non-hydrogen) atoms. The minimum absolute atomic E-state index is 0.808. The van der Waals surface area contributed by atoms with E-state index in [1.54, 1.807) is 34.9 Å². The maximum Gasteiger partial charge on any atom is 0.175 e. The van der Waals surface area contributed by atoms with Gasteiger partial charge in [-0.05, 0) is 17.9 Å². The highest BCUT2D eigenvalue weighted by atomic mass is 32.2. The van der Waals surface area contributed by atoms with Gasteiger partial charge in [-0.25, -0.2) is 4.68 Å². The van der Waals surface area contributed by atoms with E-state index in [9.17, 15) is 0 Å². The van der Waals surface area contributed by atoms with Crippen LogP contribution in [0.4, 0.5) is 0 Å². The molecule has 4 aromatic rings. The summed E-state index contributed by atoms with van der Waals surface area (Å²) >= 11 is 5.11. The van der Waals surface area contributed by atoms with Gasteiger partial charge >= 0.3 is 0 Å². The van der Waals surface area contributed by atoms with Crippen molar-refractivity contribution in [1.29, 1.82) is 0 Å². The zero-order valence-electron chi connectivity index (χ0n) is 14.8. The van der Waals surface area contributed by atoms with E-state index in [0.717, 1.165) is 37.1 Å². The van der Waals surface area contributed by atoms with Gasteiger partial charge in [0, 0.05) is 23.1 Å². The van der Waals surface area contributed by atoms with E-state index in [0.29, 0.717) is 0 Å². The Kier molecular flexibility index (Phi) is 5.91. The molecule has 0 bridgehead atoms. The van der Waals surface area contributed by atoms with Gasteiger partial charge in [-0.2, -0.15) is 5.10 Å². The summed E-state index contributed by atoms with van der Waals surface area (Å²) in [5.74, 6) is 1.82. The number of aromatic nitrogens is 4. The molecule has 0 aliphatic carbocycles. The van der Waals surface area contributed by atoms with E-state index in [1.165, 1.54) is 5.56 Å². The molecule has 2 aromatic heterocycles. The summed E-state index contributed by atoms with van der Waals surface area (Å²) in [7, 11) is 0. The molecular formula is C20H18N4S3. The number of nitrogens with zero attached hydrogens (tertiary/aromatic N) is 4. The smallest absolute Gasteiger partial charge is 0.175 e. The Morgan fingerprint density at radius 3 is 2.26 bits per heavy atom. The topological polar surface area (TPSA) is 43.6 Å². The first kappa shape index (κ1) is 18.3. The molecule has 2 aromatic carbocycles. The van der Waals surface area contributed by atoms with Crippen LogP contribution in [0.25, 0.3) is 16.9 Å². The maximum absolute atomic E-state index is 4.86. The maximum atomic E-state index is 4.86. The van der Waals surface area contributed by atoms with Crippen molar-refractivity contribution >= 4 is 34.9 Å². The third kappa shape index (κ3) is 4.43. The molecule has 0 aliphatic heterocycles. The van der Waals surface area contributed by atoms with Crippen molar-refractivity contribution in [2.24, 2.45) is 0 Å². The Balaban J connectivity index is 1.62. The quantitative estimate of drug-likeness (QED) is 0.361.